The molecule has 0 heterocycles. The second-order valence-corrected chi connectivity index (χ2v) is 6.00. The molecule has 0 saturated carbocycles. The van der Waals surface area contributed by atoms with Gasteiger partial charge >= 0.3 is 0 Å². The monoisotopic (exact) mass is 324 g/mol. The van der Waals surface area contributed by atoms with Crippen LogP contribution in [0.3, 0.4) is 0 Å². The molecule has 0 atom stereocenters. The summed E-state index contributed by atoms with van der Waals surface area (Å²) in [7, 11) is 0. The van der Waals surface area contributed by atoms with Gasteiger partial charge in [0.1, 0.15) is 5.82 Å². The standard InChI is InChI=1S/C24H17F/c25-24-17-22(15-16-23(24)21-9-5-2-6-10-21)20-13-11-19(12-14-20)18-7-3-1-4-8-18/h1-17H. The van der Waals surface area contributed by atoms with Crippen molar-refractivity contribution in [3.05, 3.63) is 109 Å². The third-order valence-corrected chi connectivity index (χ3v) is 4.38. The number of hydrogen-bond donors (Lipinski definition) is 0. The molecule has 0 saturated heterocycles. The molecular weight excluding hydrogens is 307 g/mol. The normalized spacial score (nSPS) is 10.6. The molecule has 0 bridgehead atoms. The van der Waals surface area contributed by atoms with Crippen LogP contribution in [-0.2, 0) is 0 Å². The predicted octanol–water partition coefficient (Wildman–Crippen LogP) is 6.83. The Balaban J connectivity index is 1.65. The molecule has 0 nitrogen and oxygen atoms in total. The van der Waals surface area contributed by atoms with Crippen LogP contribution in [0.1, 0.15) is 0 Å². The Morgan fingerprint density at radius 1 is 0.400 bits per heavy atom. The van der Waals surface area contributed by atoms with E-state index in [1.165, 1.54) is 5.56 Å². The number of hydrogen-bond acceptors (Lipinski definition) is 0. The van der Waals surface area contributed by atoms with E-state index in [0.717, 1.165) is 22.3 Å². The molecule has 0 aliphatic carbocycles. The van der Waals surface area contributed by atoms with Crippen molar-refractivity contribution in [1.82, 2.24) is 0 Å². The minimum atomic E-state index is -0.198. The summed E-state index contributed by atoms with van der Waals surface area (Å²) in [6, 6.07) is 33.5. The highest BCUT2D eigenvalue weighted by atomic mass is 19.1. The average Bonchev–Trinajstić information content (AvgIpc) is 2.69. The minimum absolute atomic E-state index is 0.198. The summed E-state index contributed by atoms with van der Waals surface area (Å²) < 4.78 is 14.6. The first-order valence-corrected chi connectivity index (χ1v) is 8.32. The molecule has 0 spiro atoms. The van der Waals surface area contributed by atoms with Crippen LogP contribution in [0.5, 0.6) is 0 Å². The van der Waals surface area contributed by atoms with Gasteiger partial charge in [-0.2, -0.15) is 0 Å². The van der Waals surface area contributed by atoms with Gasteiger partial charge in [0.05, 0.1) is 0 Å². The lowest BCUT2D eigenvalue weighted by Crippen LogP contribution is -1.86. The molecule has 0 unspecified atom stereocenters. The summed E-state index contributed by atoms with van der Waals surface area (Å²) in [6.45, 7) is 0. The molecule has 0 aliphatic rings. The van der Waals surface area contributed by atoms with Crippen molar-refractivity contribution in [2.24, 2.45) is 0 Å². The van der Waals surface area contributed by atoms with Gasteiger partial charge in [0.2, 0.25) is 0 Å². The summed E-state index contributed by atoms with van der Waals surface area (Å²) >= 11 is 0. The van der Waals surface area contributed by atoms with Crippen molar-refractivity contribution in [3.8, 4) is 33.4 Å². The fraction of sp³-hybridized carbons (Fsp3) is 0. The van der Waals surface area contributed by atoms with E-state index < -0.39 is 0 Å². The van der Waals surface area contributed by atoms with Crippen molar-refractivity contribution in [1.29, 1.82) is 0 Å². The second-order valence-electron chi connectivity index (χ2n) is 6.00. The summed E-state index contributed by atoms with van der Waals surface area (Å²) in [4.78, 5) is 0. The zero-order chi connectivity index (χ0) is 17.1. The Morgan fingerprint density at radius 3 is 1.40 bits per heavy atom. The highest BCUT2D eigenvalue weighted by Gasteiger charge is 2.07. The third kappa shape index (κ3) is 3.22. The van der Waals surface area contributed by atoms with Gasteiger partial charge in [-0.15, -0.1) is 0 Å². The maximum absolute atomic E-state index is 14.6. The van der Waals surface area contributed by atoms with E-state index in [2.05, 4.69) is 24.3 Å². The molecule has 25 heavy (non-hydrogen) atoms. The molecule has 0 aliphatic heterocycles. The van der Waals surface area contributed by atoms with Gasteiger partial charge in [0, 0.05) is 5.56 Å². The summed E-state index contributed by atoms with van der Waals surface area (Å²) in [6.07, 6.45) is 0. The fourth-order valence-corrected chi connectivity index (χ4v) is 3.03. The Morgan fingerprint density at radius 2 is 0.840 bits per heavy atom. The van der Waals surface area contributed by atoms with Crippen LogP contribution in [0.2, 0.25) is 0 Å². The molecule has 4 rings (SSSR count). The zero-order valence-corrected chi connectivity index (χ0v) is 13.7. The SMILES string of the molecule is Fc1cc(-c2ccc(-c3ccccc3)cc2)ccc1-c1ccccc1. The first-order valence-electron chi connectivity index (χ1n) is 8.32. The predicted molar refractivity (Wildman–Crippen MR) is 103 cm³/mol. The van der Waals surface area contributed by atoms with Crippen LogP contribution in [0, 0.1) is 5.82 Å². The Bertz CT molecular complexity index is 971. The first-order chi connectivity index (χ1) is 12.3. The zero-order valence-electron chi connectivity index (χ0n) is 13.7. The number of rotatable bonds is 3. The molecular formula is C24H17F. The van der Waals surface area contributed by atoms with E-state index in [9.17, 15) is 4.39 Å². The topological polar surface area (TPSA) is 0 Å². The molecule has 0 N–H and O–H groups in total. The van der Waals surface area contributed by atoms with E-state index in [4.69, 9.17) is 0 Å². The fourth-order valence-electron chi connectivity index (χ4n) is 3.03. The molecule has 4 aromatic carbocycles. The van der Waals surface area contributed by atoms with Crippen molar-refractivity contribution < 1.29 is 4.39 Å². The summed E-state index contributed by atoms with van der Waals surface area (Å²) in [5.41, 5.74) is 5.76. The quantitative estimate of drug-likeness (QED) is 0.387. The molecule has 1 heteroatoms. The van der Waals surface area contributed by atoms with Crippen LogP contribution in [0.25, 0.3) is 33.4 Å². The Kier molecular flexibility index (Phi) is 4.14. The molecule has 0 radical (unpaired) electrons. The van der Waals surface area contributed by atoms with Crippen LogP contribution in [-0.4, -0.2) is 0 Å². The number of benzene rings is 4. The highest BCUT2D eigenvalue weighted by Crippen LogP contribution is 2.29. The Labute approximate surface area is 147 Å². The van der Waals surface area contributed by atoms with Crippen LogP contribution in [0.4, 0.5) is 4.39 Å². The van der Waals surface area contributed by atoms with Gasteiger partial charge in [-0.25, -0.2) is 4.39 Å². The van der Waals surface area contributed by atoms with Crippen molar-refractivity contribution in [3.63, 3.8) is 0 Å². The number of halogens is 1. The van der Waals surface area contributed by atoms with Gasteiger partial charge in [0.15, 0.2) is 0 Å². The van der Waals surface area contributed by atoms with Crippen molar-refractivity contribution >= 4 is 0 Å². The maximum Gasteiger partial charge on any atom is 0.131 e. The van der Waals surface area contributed by atoms with Crippen LogP contribution < -0.4 is 0 Å². The lowest BCUT2D eigenvalue weighted by Gasteiger charge is -2.08. The van der Waals surface area contributed by atoms with Gasteiger partial charge in [-0.1, -0.05) is 97.1 Å². The average molecular weight is 324 g/mol. The van der Waals surface area contributed by atoms with Gasteiger partial charge in [-0.3, -0.25) is 0 Å². The Hall–Kier alpha value is -3.19. The minimum Gasteiger partial charge on any atom is -0.206 e. The summed E-state index contributed by atoms with van der Waals surface area (Å²) in [5, 5.41) is 0. The third-order valence-electron chi connectivity index (χ3n) is 4.38. The molecule has 0 fully saturated rings. The maximum atomic E-state index is 14.6. The molecule has 120 valence electrons. The van der Waals surface area contributed by atoms with E-state index in [0.29, 0.717) is 5.56 Å². The van der Waals surface area contributed by atoms with Crippen molar-refractivity contribution in [2.45, 2.75) is 0 Å². The van der Waals surface area contributed by atoms with E-state index >= 15 is 0 Å². The smallest absolute Gasteiger partial charge is 0.131 e. The largest absolute Gasteiger partial charge is 0.206 e. The second kappa shape index (κ2) is 6.74. The van der Waals surface area contributed by atoms with Crippen LogP contribution >= 0.6 is 0 Å². The highest BCUT2D eigenvalue weighted by molar-refractivity contribution is 5.73. The van der Waals surface area contributed by atoms with E-state index in [-0.39, 0.29) is 5.82 Å². The van der Waals surface area contributed by atoms with E-state index in [1.54, 1.807) is 6.07 Å². The van der Waals surface area contributed by atoms with Gasteiger partial charge < -0.3 is 0 Å². The molecule has 4 aromatic rings. The van der Waals surface area contributed by atoms with Gasteiger partial charge in [-0.05, 0) is 33.9 Å². The van der Waals surface area contributed by atoms with Crippen LogP contribution in [0.15, 0.2) is 103 Å². The lowest BCUT2D eigenvalue weighted by atomic mass is 9.98. The first kappa shape index (κ1) is 15.3. The molecule has 0 aromatic heterocycles. The molecule has 0 amide bonds. The van der Waals surface area contributed by atoms with Crippen molar-refractivity contribution in [2.75, 3.05) is 0 Å². The van der Waals surface area contributed by atoms with E-state index in [1.807, 2.05) is 72.8 Å². The van der Waals surface area contributed by atoms with Gasteiger partial charge in [0.25, 0.3) is 0 Å². The lowest BCUT2D eigenvalue weighted by molar-refractivity contribution is 0.632. The summed E-state index contributed by atoms with van der Waals surface area (Å²) in [5.74, 6) is -0.198.